The zero-order valence-electron chi connectivity index (χ0n) is 10.4. The molecule has 1 N–H and O–H groups in total. The van der Waals surface area contributed by atoms with E-state index < -0.39 is 25.9 Å². The molecule has 0 aromatic heterocycles. The zero-order valence-corrected chi connectivity index (χ0v) is 12.0. The summed E-state index contributed by atoms with van der Waals surface area (Å²) in [5.41, 5.74) is 0. The number of rotatable bonds is 2. The predicted octanol–water partition coefficient (Wildman–Crippen LogP) is 0.200. The van der Waals surface area contributed by atoms with Gasteiger partial charge in [-0.05, 0) is 31.2 Å². The summed E-state index contributed by atoms with van der Waals surface area (Å²) in [6.45, 7) is 1.54. The van der Waals surface area contributed by atoms with Gasteiger partial charge in [0.25, 0.3) is 0 Å². The first-order chi connectivity index (χ1) is 8.72. The van der Waals surface area contributed by atoms with E-state index in [-0.39, 0.29) is 28.7 Å². The van der Waals surface area contributed by atoms with Gasteiger partial charge in [-0.25, -0.2) is 16.8 Å². The van der Waals surface area contributed by atoms with Gasteiger partial charge in [-0.1, -0.05) is 0 Å². The smallest absolute Gasteiger partial charge is 0.243 e. The van der Waals surface area contributed by atoms with Gasteiger partial charge in [0.1, 0.15) is 5.75 Å². The van der Waals surface area contributed by atoms with Crippen LogP contribution in [0.25, 0.3) is 0 Å². The SMILES string of the molecule is CC1CS(=O)(=O)CCN1S(=O)(=O)c1ccc(O)cc1. The van der Waals surface area contributed by atoms with Crippen molar-refractivity contribution in [3.05, 3.63) is 24.3 Å². The first-order valence-electron chi connectivity index (χ1n) is 5.74. The van der Waals surface area contributed by atoms with Crippen LogP contribution in [0.1, 0.15) is 6.92 Å². The Kier molecular flexibility index (Phi) is 3.59. The van der Waals surface area contributed by atoms with Crippen LogP contribution in [0.5, 0.6) is 5.75 Å². The Hall–Kier alpha value is -1.12. The molecule has 0 radical (unpaired) electrons. The molecule has 6 nitrogen and oxygen atoms in total. The van der Waals surface area contributed by atoms with Gasteiger partial charge in [0.2, 0.25) is 10.0 Å². The average molecular weight is 305 g/mol. The maximum Gasteiger partial charge on any atom is 0.243 e. The molecule has 1 aliphatic heterocycles. The molecule has 0 aliphatic carbocycles. The van der Waals surface area contributed by atoms with E-state index in [4.69, 9.17) is 5.11 Å². The lowest BCUT2D eigenvalue weighted by molar-refractivity contribution is 0.357. The summed E-state index contributed by atoms with van der Waals surface area (Å²) in [6, 6.07) is 4.61. The van der Waals surface area contributed by atoms with Crippen molar-refractivity contribution in [3.8, 4) is 5.75 Å². The molecule has 1 aliphatic rings. The Morgan fingerprint density at radius 2 is 1.84 bits per heavy atom. The highest BCUT2D eigenvalue weighted by molar-refractivity contribution is 7.92. The standard InChI is InChI=1S/C11H15NO5S2/c1-9-8-18(14,15)7-6-12(9)19(16,17)11-4-2-10(13)3-5-11/h2-5,9,13H,6-8H2,1H3. The number of aromatic hydroxyl groups is 1. The maximum absolute atomic E-state index is 12.4. The molecular formula is C11H15NO5S2. The quantitative estimate of drug-likeness (QED) is 0.842. The highest BCUT2D eigenvalue weighted by Gasteiger charge is 2.36. The molecule has 1 atom stereocenters. The van der Waals surface area contributed by atoms with Crippen LogP contribution in [0.3, 0.4) is 0 Å². The molecule has 0 spiro atoms. The third-order valence-electron chi connectivity index (χ3n) is 3.05. The molecule has 0 amide bonds. The van der Waals surface area contributed by atoms with Crippen molar-refractivity contribution in [3.63, 3.8) is 0 Å². The van der Waals surface area contributed by atoms with Crippen molar-refractivity contribution >= 4 is 19.9 Å². The third kappa shape index (κ3) is 2.90. The van der Waals surface area contributed by atoms with Crippen molar-refractivity contribution in [2.24, 2.45) is 0 Å². The van der Waals surface area contributed by atoms with E-state index in [1.54, 1.807) is 6.92 Å². The molecule has 19 heavy (non-hydrogen) atoms. The summed E-state index contributed by atoms with van der Waals surface area (Å²) in [4.78, 5) is 0.0523. The van der Waals surface area contributed by atoms with E-state index in [1.807, 2.05) is 0 Å². The van der Waals surface area contributed by atoms with Crippen molar-refractivity contribution in [1.29, 1.82) is 0 Å². The number of nitrogens with zero attached hydrogens (tertiary/aromatic N) is 1. The minimum absolute atomic E-state index is 0.0202. The fourth-order valence-electron chi connectivity index (χ4n) is 2.09. The maximum atomic E-state index is 12.4. The molecule has 8 heteroatoms. The van der Waals surface area contributed by atoms with Crippen LogP contribution >= 0.6 is 0 Å². The van der Waals surface area contributed by atoms with E-state index in [9.17, 15) is 16.8 Å². The van der Waals surface area contributed by atoms with Crippen molar-refractivity contribution in [2.75, 3.05) is 18.1 Å². The summed E-state index contributed by atoms with van der Waals surface area (Å²) in [6.07, 6.45) is 0. The van der Waals surface area contributed by atoms with E-state index >= 15 is 0 Å². The fraction of sp³-hybridized carbons (Fsp3) is 0.455. The van der Waals surface area contributed by atoms with E-state index in [0.717, 1.165) is 0 Å². The zero-order chi connectivity index (χ0) is 14.3. The number of hydrogen-bond donors (Lipinski definition) is 1. The lowest BCUT2D eigenvalue weighted by atomic mass is 10.3. The van der Waals surface area contributed by atoms with Gasteiger partial charge < -0.3 is 5.11 Å². The highest BCUT2D eigenvalue weighted by atomic mass is 32.2. The Labute approximate surface area is 112 Å². The van der Waals surface area contributed by atoms with Crippen LogP contribution in [0.4, 0.5) is 0 Å². The first kappa shape index (κ1) is 14.3. The molecule has 0 bridgehead atoms. The van der Waals surface area contributed by atoms with Gasteiger partial charge in [-0.2, -0.15) is 4.31 Å². The summed E-state index contributed by atoms with van der Waals surface area (Å²) in [5.74, 6) is -0.341. The third-order valence-corrected chi connectivity index (χ3v) is 6.88. The number of sulfone groups is 1. The lowest BCUT2D eigenvalue weighted by Crippen LogP contribution is -2.49. The van der Waals surface area contributed by atoms with Gasteiger partial charge in [0.05, 0.1) is 16.4 Å². The highest BCUT2D eigenvalue weighted by Crippen LogP contribution is 2.23. The number of phenols is 1. The Bertz CT molecular complexity index is 664. The van der Waals surface area contributed by atoms with E-state index in [1.165, 1.54) is 28.6 Å². The minimum atomic E-state index is -3.72. The second-order valence-electron chi connectivity index (χ2n) is 4.57. The second-order valence-corrected chi connectivity index (χ2v) is 8.69. The summed E-state index contributed by atoms with van der Waals surface area (Å²) < 4.78 is 48.9. The van der Waals surface area contributed by atoms with Crippen molar-refractivity contribution in [2.45, 2.75) is 17.9 Å². The molecule has 1 unspecified atom stereocenters. The van der Waals surface area contributed by atoms with Crippen LogP contribution < -0.4 is 0 Å². The topological polar surface area (TPSA) is 91.8 Å². The van der Waals surface area contributed by atoms with Crippen LogP contribution in [0.2, 0.25) is 0 Å². The van der Waals surface area contributed by atoms with Crippen LogP contribution in [-0.2, 0) is 19.9 Å². The van der Waals surface area contributed by atoms with Gasteiger partial charge in [-0.3, -0.25) is 0 Å². The monoisotopic (exact) mass is 305 g/mol. The number of phenolic OH excluding ortho intramolecular Hbond substituents is 1. The van der Waals surface area contributed by atoms with Crippen molar-refractivity contribution in [1.82, 2.24) is 4.31 Å². The molecule has 106 valence electrons. The number of sulfonamides is 1. The molecule has 1 saturated heterocycles. The molecule has 0 saturated carbocycles. The summed E-state index contributed by atoms with van der Waals surface area (Å²) in [7, 11) is -6.88. The van der Waals surface area contributed by atoms with Crippen molar-refractivity contribution < 1.29 is 21.9 Å². The number of benzene rings is 1. The Balaban J connectivity index is 2.33. The van der Waals surface area contributed by atoms with Gasteiger partial charge in [0, 0.05) is 12.6 Å². The summed E-state index contributed by atoms with van der Waals surface area (Å²) in [5, 5.41) is 9.17. The molecule has 1 aromatic rings. The number of hydrogen-bond acceptors (Lipinski definition) is 5. The van der Waals surface area contributed by atoms with Crippen LogP contribution in [0.15, 0.2) is 29.2 Å². The molecular weight excluding hydrogens is 290 g/mol. The van der Waals surface area contributed by atoms with Crippen LogP contribution in [0, 0.1) is 0 Å². The molecule has 1 heterocycles. The lowest BCUT2D eigenvalue weighted by Gasteiger charge is -2.32. The first-order valence-corrected chi connectivity index (χ1v) is 9.00. The van der Waals surface area contributed by atoms with Crippen LogP contribution in [-0.4, -0.2) is 50.3 Å². The van der Waals surface area contributed by atoms with Gasteiger partial charge in [0.15, 0.2) is 9.84 Å². The predicted molar refractivity (Wildman–Crippen MR) is 70.1 cm³/mol. The Morgan fingerprint density at radius 3 is 2.37 bits per heavy atom. The normalized spacial score (nSPS) is 24.2. The second kappa shape index (κ2) is 4.77. The Morgan fingerprint density at radius 1 is 1.26 bits per heavy atom. The molecule has 2 rings (SSSR count). The minimum Gasteiger partial charge on any atom is -0.508 e. The van der Waals surface area contributed by atoms with Gasteiger partial charge >= 0.3 is 0 Å². The average Bonchev–Trinajstić information content (AvgIpc) is 2.27. The fourth-order valence-corrected chi connectivity index (χ4v) is 5.49. The van der Waals surface area contributed by atoms with E-state index in [2.05, 4.69) is 0 Å². The molecule has 1 aromatic carbocycles. The van der Waals surface area contributed by atoms with E-state index in [0.29, 0.717) is 0 Å². The largest absolute Gasteiger partial charge is 0.508 e. The summed E-state index contributed by atoms with van der Waals surface area (Å²) >= 11 is 0. The molecule has 1 fully saturated rings. The van der Waals surface area contributed by atoms with Gasteiger partial charge in [-0.15, -0.1) is 0 Å².